The van der Waals surface area contributed by atoms with E-state index >= 15 is 0 Å². The molecule has 0 fully saturated rings. The number of nitrogens with zero attached hydrogens (tertiary/aromatic N) is 3. The van der Waals surface area contributed by atoms with Crippen molar-refractivity contribution in [2.45, 2.75) is 0 Å². The smallest absolute Gasteiger partial charge is 0.0548 e. The average Bonchev–Trinajstić information content (AvgIpc) is 3.91. The van der Waals surface area contributed by atoms with E-state index in [1.807, 2.05) is 0 Å². The minimum absolute atomic E-state index is 1.14. The summed E-state index contributed by atoms with van der Waals surface area (Å²) in [5.41, 5.74) is 15.5. The Kier molecular flexibility index (Phi) is 6.93. The van der Waals surface area contributed by atoms with Crippen LogP contribution in [0.1, 0.15) is 0 Å². The van der Waals surface area contributed by atoms with Crippen molar-refractivity contribution >= 4 is 65.4 Å². The molecule has 0 atom stereocenters. The van der Waals surface area contributed by atoms with Crippen molar-refractivity contribution in [1.29, 1.82) is 0 Å². The largest absolute Gasteiger partial charge is 0.309 e. The molecule has 0 radical (unpaired) electrons. The van der Waals surface area contributed by atoms with E-state index in [1.165, 1.54) is 87.7 Å². The van der Waals surface area contributed by atoms with Crippen LogP contribution in [0, 0.1) is 0 Å². The van der Waals surface area contributed by atoms with Gasteiger partial charge in [-0.25, -0.2) is 0 Å². The van der Waals surface area contributed by atoms with Gasteiger partial charge in [-0.1, -0.05) is 140 Å². The van der Waals surface area contributed by atoms with Crippen LogP contribution in [0.5, 0.6) is 0 Å². The predicted octanol–water partition coefficient (Wildman–Crippen LogP) is 14.3. The standard InChI is InChI=1S/C54H35N3/c1-2-13-36(14-3-1)39-15-12-16-42(33-39)57-52-24-11-7-20-46(52)48-34-53-47(35-54(48)57)45-19-6-10-23-51(45)56(53)41-31-27-38(28-32-41)37-25-29-40(30-26-37)55-49-21-8-4-17-43(49)44-18-5-9-22-50(44)55/h1-35H. The maximum absolute atomic E-state index is 2.43. The molecule has 3 aromatic heterocycles. The number of aromatic nitrogens is 3. The summed E-state index contributed by atoms with van der Waals surface area (Å²) < 4.78 is 7.24. The lowest BCUT2D eigenvalue weighted by molar-refractivity contribution is 1.17. The number of hydrogen-bond acceptors (Lipinski definition) is 0. The zero-order valence-electron chi connectivity index (χ0n) is 31.0. The first-order chi connectivity index (χ1) is 28.3. The highest BCUT2D eigenvalue weighted by Gasteiger charge is 2.19. The molecule has 0 saturated carbocycles. The minimum Gasteiger partial charge on any atom is -0.309 e. The monoisotopic (exact) mass is 725 g/mol. The topological polar surface area (TPSA) is 14.8 Å². The van der Waals surface area contributed by atoms with E-state index in [0.717, 1.165) is 17.1 Å². The molecular formula is C54H35N3. The summed E-state index contributed by atoms with van der Waals surface area (Å²) in [7, 11) is 0. The summed E-state index contributed by atoms with van der Waals surface area (Å²) in [6.45, 7) is 0. The quantitative estimate of drug-likeness (QED) is 0.168. The van der Waals surface area contributed by atoms with Gasteiger partial charge in [0.25, 0.3) is 0 Å². The van der Waals surface area contributed by atoms with E-state index < -0.39 is 0 Å². The molecule has 0 amide bonds. The maximum atomic E-state index is 2.43. The Hall–Kier alpha value is -7.62. The van der Waals surface area contributed by atoms with Crippen LogP contribution < -0.4 is 0 Å². The average molecular weight is 726 g/mol. The van der Waals surface area contributed by atoms with Gasteiger partial charge in [-0.05, 0) is 95.1 Å². The van der Waals surface area contributed by atoms with Crippen molar-refractivity contribution in [2.75, 3.05) is 0 Å². The van der Waals surface area contributed by atoms with E-state index in [4.69, 9.17) is 0 Å². The first-order valence-electron chi connectivity index (χ1n) is 19.6. The third-order valence-electron chi connectivity index (χ3n) is 11.8. The molecule has 9 aromatic carbocycles. The van der Waals surface area contributed by atoms with Gasteiger partial charge < -0.3 is 13.7 Å². The molecule has 0 aliphatic heterocycles. The highest BCUT2D eigenvalue weighted by atomic mass is 15.0. The second-order valence-electron chi connectivity index (χ2n) is 15.0. The lowest BCUT2D eigenvalue weighted by Crippen LogP contribution is -1.95. The molecule has 3 heterocycles. The van der Waals surface area contributed by atoms with Gasteiger partial charge in [-0.15, -0.1) is 0 Å². The third kappa shape index (κ3) is 4.86. The van der Waals surface area contributed by atoms with Crippen molar-refractivity contribution in [3.8, 4) is 39.3 Å². The Morgan fingerprint density at radius 3 is 1.02 bits per heavy atom. The van der Waals surface area contributed by atoms with Crippen LogP contribution in [0.2, 0.25) is 0 Å². The zero-order valence-corrected chi connectivity index (χ0v) is 31.0. The van der Waals surface area contributed by atoms with Crippen molar-refractivity contribution < 1.29 is 0 Å². The number of para-hydroxylation sites is 4. The highest BCUT2D eigenvalue weighted by molar-refractivity contribution is 6.19. The number of benzene rings is 9. The van der Waals surface area contributed by atoms with Gasteiger partial charge in [-0.2, -0.15) is 0 Å². The van der Waals surface area contributed by atoms with E-state index in [1.54, 1.807) is 0 Å². The second kappa shape index (κ2) is 12.5. The molecule has 0 bridgehead atoms. The summed E-state index contributed by atoms with van der Waals surface area (Å²) in [4.78, 5) is 0. The van der Waals surface area contributed by atoms with E-state index in [-0.39, 0.29) is 0 Å². The van der Waals surface area contributed by atoms with E-state index in [2.05, 4.69) is 226 Å². The summed E-state index contributed by atoms with van der Waals surface area (Å²) in [6, 6.07) is 77.4. The summed E-state index contributed by atoms with van der Waals surface area (Å²) >= 11 is 0. The molecule has 57 heavy (non-hydrogen) atoms. The SMILES string of the molecule is c1ccc(-c2cccc(-n3c4ccccc4c4cc5c(cc43)c3ccccc3n5-c3ccc(-c4ccc(-n5c6ccccc6c6ccccc65)cc4)cc3)c2)cc1. The fourth-order valence-corrected chi connectivity index (χ4v) is 9.25. The Bertz CT molecular complexity index is 3440. The molecule has 0 unspecified atom stereocenters. The number of rotatable bonds is 5. The maximum Gasteiger partial charge on any atom is 0.0548 e. The van der Waals surface area contributed by atoms with E-state index in [9.17, 15) is 0 Å². The van der Waals surface area contributed by atoms with Crippen LogP contribution in [0.25, 0.3) is 105 Å². The first-order valence-corrected chi connectivity index (χ1v) is 19.6. The van der Waals surface area contributed by atoms with Crippen LogP contribution in [-0.4, -0.2) is 13.7 Å². The Labute approximate surface area is 329 Å². The Morgan fingerprint density at radius 1 is 0.193 bits per heavy atom. The fraction of sp³-hybridized carbons (Fsp3) is 0. The fourth-order valence-electron chi connectivity index (χ4n) is 9.25. The Balaban J connectivity index is 0.975. The molecule has 0 N–H and O–H groups in total. The van der Waals surface area contributed by atoms with Crippen molar-refractivity contribution in [1.82, 2.24) is 13.7 Å². The van der Waals surface area contributed by atoms with Gasteiger partial charge >= 0.3 is 0 Å². The van der Waals surface area contributed by atoms with Crippen molar-refractivity contribution in [3.05, 3.63) is 212 Å². The van der Waals surface area contributed by atoms with Gasteiger partial charge in [0.15, 0.2) is 0 Å². The van der Waals surface area contributed by atoms with Crippen LogP contribution in [-0.2, 0) is 0 Å². The molecule has 266 valence electrons. The lowest BCUT2D eigenvalue weighted by Gasteiger charge is -2.12. The van der Waals surface area contributed by atoms with Crippen LogP contribution in [0.4, 0.5) is 0 Å². The van der Waals surface area contributed by atoms with Gasteiger partial charge in [0.1, 0.15) is 0 Å². The molecule has 12 aromatic rings. The van der Waals surface area contributed by atoms with Crippen molar-refractivity contribution in [3.63, 3.8) is 0 Å². The van der Waals surface area contributed by atoms with Gasteiger partial charge in [0, 0.05) is 49.4 Å². The number of hydrogen-bond donors (Lipinski definition) is 0. The zero-order chi connectivity index (χ0) is 37.5. The van der Waals surface area contributed by atoms with Gasteiger partial charge in [0.2, 0.25) is 0 Å². The van der Waals surface area contributed by atoms with E-state index in [0.29, 0.717) is 0 Å². The van der Waals surface area contributed by atoms with Crippen molar-refractivity contribution in [2.24, 2.45) is 0 Å². The first kappa shape index (κ1) is 31.7. The predicted molar refractivity (Wildman–Crippen MR) is 240 cm³/mol. The van der Waals surface area contributed by atoms with Gasteiger partial charge in [-0.3, -0.25) is 0 Å². The summed E-state index contributed by atoms with van der Waals surface area (Å²) in [6.07, 6.45) is 0. The molecular weight excluding hydrogens is 691 g/mol. The molecule has 3 heteroatoms. The number of fused-ring (bicyclic) bond motifs is 9. The molecule has 0 saturated heterocycles. The van der Waals surface area contributed by atoms with Crippen LogP contribution in [0.3, 0.4) is 0 Å². The van der Waals surface area contributed by atoms with Gasteiger partial charge in [0.05, 0.1) is 33.1 Å². The highest BCUT2D eigenvalue weighted by Crippen LogP contribution is 2.40. The van der Waals surface area contributed by atoms with Crippen LogP contribution >= 0.6 is 0 Å². The minimum atomic E-state index is 1.14. The normalized spacial score (nSPS) is 11.9. The molecule has 0 aliphatic rings. The lowest BCUT2D eigenvalue weighted by atomic mass is 10.0. The summed E-state index contributed by atoms with van der Waals surface area (Å²) in [5.74, 6) is 0. The molecule has 3 nitrogen and oxygen atoms in total. The molecule has 0 aliphatic carbocycles. The van der Waals surface area contributed by atoms with Crippen LogP contribution in [0.15, 0.2) is 212 Å². The second-order valence-corrected chi connectivity index (χ2v) is 15.0. The molecule has 0 spiro atoms. The third-order valence-corrected chi connectivity index (χ3v) is 11.8. The Morgan fingerprint density at radius 2 is 0.544 bits per heavy atom. The summed E-state index contributed by atoms with van der Waals surface area (Å²) in [5, 5.41) is 7.53. The molecule has 12 rings (SSSR count).